The van der Waals surface area contributed by atoms with Gasteiger partial charge in [-0.2, -0.15) is 4.31 Å². The van der Waals surface area contributed by atoms with Gasteiger partial charge in [-0.15, -0.1) is 0 Å². The monoisotopic (exact) mass is 508 g/mol. The average molecular weight is 509 g/mol. The number of hydrogen-bond acceptors (Lipinski definition) is 8. The van der Waals surface area contributed by atoms with Gasteiger partial charge >= 0.3 is 0 Å². The first-order valence-corrected chi connectivity index (χ1v) is 13.7. The van der Waals surface area contributed by atoms with E-state index in [0.717, 1.165) is 51.0 Å². The highest BCUT2D eigenvalue weighted by atomic mass is 32.2. The summed E-state index contributed by atoms with van der Waals surface area (Å²) in [6, 6.07) is 9.71. The van der Waals surface area contributed by atoms with E-state index in [1.807, 2.05) is 44.2 Å². The fourth-order valence-electron chi connectivity index (χ4n) is 5.25. The van der Waals surface area contributed by atoms with Crippen molar-refractivity contribution in [2.24, 2.45) is 0 Å². The number of imidazole rings is 1. The largest absolute Gasteiger partial charge is 0.488 e. The molecule has 0 radical (unpaired) electrons. The molecule has 6 rings (SSSR count). The summed E-state index contributed by atoms with van der Waals surface area (Å²) in [6.07, 6.45) is 1.79. The molecule has 1 aromatic carbocycles. The van der Waals surface area contributed by atoms with Crippen molar-refractivity contribution in [3.05, 3.63) is 53.7 Å². The van der Waals surface area contributed by atoms with Crippen LogP contribution in [0.15, 0.2) is 41.1 Å². The van der Waals surface area contributed by atoms with Crippen LogP contribution in [0.1, 0.15) is 30.1 Å². The number of anilines is 1. The van der Waals surface area contributed by atoms with Crippen molar-refractivity contribution in [3.8, 4) is 16.9 Å². The van der Waals surface area contributed by atoms with E-state index in [0.29, 0.717) is 32.8 Å². The average Bonchev–Trinajstić information content (AvgIpc) is 3.46. The molecule has 36 heavy (non-hydrogen) atoms. The van der Waals surface area contributed by atoms with Gasteiger partial charge in [-0.25, -0.2) is 13.4 Å². The van der Waals surface area contributed by atoms with E-state index in [-0.39, 0.29) is 11.8 Å². The van der Waals surface area contributed by atoms with Crippen LogP contribution in [0.4, 0.5) is 5.95 Å². The molecule has 0 bridgehead atoms. The predicted molar refractivity (Wildman–Crippen MR) is 136 cm³/mol. The van der Waals surface area contributed by atoms with Crippen LogP contribution in [0.3, 0.4) is 0 Å². The summed E-state index contributed by atoms with van der Waals surface area (Å²) in [4.78, 5) is 11.8. The lowest BCUT2D eigenvalue weighted by Gasteiger charge is -2.36. The molecule has 11 heteroatoms. The molecule has 5 heterocycles. The highest BCUT2D eigenvalue weighted by molar-refractivity contribution is 7.89. The molecule has 0 amide bonds. The number of aryl methyl sites for hydroxylation is 2. The molecule has 0 spiro atoms. The molecule has 3 aromatic heterocycles. The molecule has 0 saturated carbocycles. The third-order valence-corrected chi connectivity index (χ3v) is 8.98. The van der Waals surface area contributed by atoms with Crippen LogP contribution in [0.2, 0.25) is 0 Å². The summed E-state index contributed by atoms with van der Waals surface area (Å²) in [5.74, 6) is 2.39. The molecule has 1 atom stereocenters. The Balaban J connectivity index is 1.50. The number of benzene rings is 1. The number of pyridine rings is 1. The minimum atomic E-state index is -3.22. The van der Waals surface area contributed by atoms with E-state index >= 15 is 0 Å². The van der Waals surface area contributed by atoms with Gasteiger partial charge in [0.1, 0.15) is 23.9 Å². The third-order valence-electron chi connectivity index (χ3n) is 7.10. The Labute approximate surface area is 209 Å². The van der Waals surface area contributed by atoms with Crippen molar-refractivity contribution in [2.75, 3.05) is 43.4 Å². The molecular formula is C25H28N6O4S. The quantitative estimate of drug-likeness (QED) is 0.405. The lowest BCUT2D eigenvalue weighted by atomic mass is 10.0. The zero-order valence-electron chi connectivity index (χ0n) is 20.5. The van der Waals surface area contributed by atoms with Crippen LogP contribution in [0.5, 0.6) is 5.75 Å². The number of piperazine rings is 1. The summed E-state index contributed by atoms with van der Waals surface area (Å²) in [7, 11) is -3.22. The third kappa shape index (κ3) is 3.56. The first kappa shape index (κ1) is 23.0. The maximum absolute atomic E-state index is 12.4. The van der Waals surface area contributed by atoms with Crippen molar-refractivity contribution >= 4 is 27.0 Å². The van der Waals surface area contributed by atoms with Gasteiger partial charge in [0, 0.05) is 37.9 Å². The molecule has 188 valence electrons. The van der Waals surface area contributed by atoms with Crippen molar-refractivity contribution in [3.63, 3.8) is 0 Å². The standard InChI is InChI=1S/C25H28N6O4S/c1-4-36(32,33)30-13-11-29(12-14-30)25-27-20-9-8-18(22-16(2)28-35-17(22)3)24-23(20)31(25)21(15-34-24)19-7-5-6-10-26-19/h5-10,21H,4,11-15H2,1-3H3/t21-/m1/s1. The molecule has 1 fully saturated rings. The van der Waals surface area contributed by atoms with Gasteiger partial charge < -0.3 is 14.2 Å². The van der Waals surface area contributed by atoms with Crippen LogP contribution in [-0.2, 0) is 10.0 Å². The Hall–Kier alpha value is -3.44. The van der Waals surface area contributed by atoms with Gasteiger partial charge in [0.25, 0.3) is 0 Å². The van der Waals surface area contributed by atoms with Crippen molar-refractivity contribution < 1.29 is 17.7 Å². The Morgan fingerprint density at radius 2 is 1.89 bits per heavy atom. The second-order valence-corrected chi connectivity index (χ2v) is 11.4. The maximum atomic E-state index is 12.4. The number of nitrogens with zero attached hydrogens (tertiary/aromatic N) is 6. The minimum absolute atomic E-state index is 0.110. The fraction of sp³-hybridized carbons (Fsp3) is 0.400. The zero-order chi connectivity index (χ0) is 25.0. The smallest absolute Gasteiger partial charge is 0.213 e. The number of rotatable bonds is 5. The van der Waals surface area contributed by atoms with Gasteiger partial charge in [0.05, 0.1) is 28.2 Å². The molecular weight excluding hydrogens is 480 g/mol. The van der Waals surface area contributed by atoms with Crippen LogP contribution in [0.25, 0.3) is 22.2 Å². The summed E-state index contributed by atoms with van der Waals surface area (Å²) in [5.41, 5.74) is 5.25. The first-order chi connectivity index (χ1) is 17.4. The molecule has 10 nitrogen and oxygen atoms in total. The number of aromatic nitrogens is 4. The first-order valence-electron chi connectivity index (χ1n) is 12.1. The minimum Gasteiger partial charge on any atom is -0.488 e. The van der Waals surface area contributed by atoms with Crippen LogP contribution < -0.4 is 9.64 Å². The van der Waals surface area contributed by atoms with E-state index < -0.39 is 10.0 Å². The summed E-state index contributed by atoms with van der Waals surface area (Å²) < 4.78 is 40.5. The summed E-state index contributed by atoms with van der Waals surface area (Å²) >= 11 is 0. The topological polar surface area (TPSA) is 107 Å². The Morgan fingerprint density at radius 1 is 1.08 bits per heavy atom. The SMILES string of the molecule is CCS(=O)(=O)N1CCN(c2nc3ccc(-c4c(C)noc4C)c4c3n2[C@@H](c2ccccn2)CO4)CC1. The lowest BCUT2D eigenvalue weighted by Crippen LogP contribution is -2.50. The lowest BCUT2D eigenvalue weighted by molar-refractivity contribution is 0.257. The number of hydrogen-bond donors (Lipinski definition) is 0. The van der Waals surface area contributed by atoms with Gasteiger partial charge in [-0.1, -0.05) is 11.2 Å². The molecule has 1 saturated heterocycles. The summed E-state index contributed by atoms with van der Waals surface area (Å²) in [6.45, 7) is 7.89. The van der Waals surface area contributed by atoms with Crippen LogP contribution in [0, 0.1) is 13.8 Å². The zero-order valence-corrected chi connectivity index (χ0v) is 21.3. The van der Waals surface area contributed by atoms with Gasteiger partial charge in [-0.3, -0.25) is 9.55 Å². The summed E-state index contributed by atoms with van der Waals surface area (Å²) in [5, 5.41) is 4.14. The molecule has 4 aromatic rings. The highest BCUT2D eigenvalue weighted by Gasteiger charge is 2.35. The second-order valence-electron chi connectivity index (χ2n) is 9.16. The van der Waals surface area contributed by atoms with Gasteiger partial charge in [0.15, 0.2) is 5.75 Å². The Bertz CT molecular complexity index is 1520. The second kappa shape index (κ2) is 8.59. The normalized spacial score (nSPS) is 18.5. The molecule has 0 unspecified atom stereocenters. The molecule has 2 aliphatic heterocycles. The van der Waals surface area contributed by atoms with Crippen LogP contribution >= 0.6 is 0 Å². The van der Waals surface area contributed by atoms with E-state index in [4.69, 9.17) is 14.2 Å². The van der Waals surface area contributed by atoms with Gasteiger partial charge in [-0.05, 0) is 45.0 Å². The molecule has 0 aliphatic carbocycles. The highest BCUT2D eigenvalue weighted by Crippen LogP contribution is 2.45. The molecule has 2 aliphatic rings. The van der Waals surface area contributed by atoms with Gasteiger partial charge in [0.2, 0.25) is 16.0 Å². The van der Waals surface area contributed by atoms with E-state index in [1.165, 1.54) is 0 Å². The maximum Gasteiger partial charge on any atom is 0.213 e. The Morgan fingerprint density at radius 3 is 2.56 bits per heavy atom. The van der Waals surface area contributed by atoms with Crippen molar-refractivity contribution in [1.29, 1.82) is 0 Å². The number of ether oxygens (including phenoxy) is 1. The van der Waals surface area contributed by atoms with E-state index in [1.54, 1.807) is 17.4 Å². The predicted octanol–water partition coefficient (Wildman–Crippen LogP) is 3.16. The van der Waals surface area contributed by atoms with E-state index in [2.05, 4.69) is 19.6 Å². The van der Waals surface area contributed by atoms with Crippen molar-refractivity contribution in [2.45, 2.75) is 26.8 Å². The Kier molecular flexibility index (Phi) is 5.49. The van der Waals surface area contributed by atoms with Crippen molar-refractivity contribution in [1.82, 2.24) is 24.0 Å². The fourth-order valence-corrected chi connectivity index (χ4v) is 6.34. The molecule has 0 N–H and O–H groups in total. The number of sulfonamides is 1. The van der Waals surface area contributed by atoms with E-state index in [9.17, 15) is 8.42 Å². The van der Waals surface area contributed by atoms with Crippen LogP contribution in [-0.4, -0.2) is 71.0 Å².